The third kappa shape index (κ3) is 4.63. The molecule has 5 aromatic rings. The maximum atomic E-state index is 11.0. The Labute approximate surface area is 219 Å². The highest BCUT2D eigenvalue weighted by Gasteiger charge is 2.20. The standard InChI is InChI=1S/C32H33O4P/c1-17-9-21(5)29(33)25(13-17)26-14-18(2)10-22(6)30(26)34-37-35-31-23(7)11-19(3)15-27(31)28-16-20(4)12-24(8)32(28)36-37/h9-16,33H,1-8H3. The molecular weight excluding hydrogens is 479 g/mol. The van der Waals surface area contributed by atoms with Crippen LogP contribution in [0.25, 0.3) is 33.1 Å². The van der Waals surface area contributed by atoms with Gasteiger partial charge in [0.1, 0.15) is 22.7 Å². The quantitative estimate of drug-likeness (QED) is 0.261. The first kappa shape index (κ1) is 25.0. The summed E-state index contributed by atoms with van der Waals surface area (Å²) in [6.07, 6.45) is 0. The van der Waals surface area contributed by atoms with Gasteiger partial charge in [-0.3, -0.25) is 0 Å². The zero-order valence-electron chi connectivity index (χ0n) is 22.7. The van der Waals surface area contributed by atoms with E-state index >= 15 is 0 Å². The van der Waals surface area contributed by atoms with Crippen molar-refractivity contribution in [2.45, 2.75) is 55.4 Å². The molecule has 37 heavy (non-hydrogen) atoms. The molecule has 0 unspecified atom stereocenters. The average Bonchev–Trinajstić information content (AvgIpc) is 2.95. The van der Waals surface area contributed by atoms with E-state index in [0.29, 0.717) is 5.75 Å². The van der Waals surface area contributed by atoms with Crippen LogP contribution < -0.4 is 4.52 Å². The van der Waals surface area contributed by atoms with Gasteiger partial charge >= 0.3 is 8.24 Å². The van der Waals surface area contributed by atoms with Gasteiger partial charge in [-0.25, -0.2) is 0 Å². The van der Waals surface area contributed by atoms with Gasteiger partial charge < -0.3 is 18.0 Å². The number of phenols is 1. The number of hydrogen-bond acceptors (Lipinski definition) is 4. The number of fused-ring (bicyclic) bond motifs is 3. The van der Waals surface area contributed by atoms with Crippen LogP contribution in [0.15, 0.2) is 56.9 Å². The van der Waals surface area contributed by atoms with Crippen molar-refractivity contribution in [3.8, 4) is 22.6 Å². The molecule has 0 aliphatic rings. The van der Waals surface area contributed by atoms with Crippen molar-refractivity contribution < 1.29 is 18.0 Å². The molecule has 1 N–H and O–H groups in total. The second kappa shape index (κ2) is 9.36. The minimum atomic E-state index is -1.84. The van der Waals surface area contributed by atoms with Crippen molar-refractivity contribution in [1.82, 2.24) is 0 Å². The van der Waals surface area contributed by atoms with E-state index in [1.165, 1.54) is 11.1 Å². The van der Waals surface area contributed by atoms with Crippen molar-refractivity contribution in [2.75, 3.05) is 0 Å². The summed E-state index contributed by atoms with van der Waals surface area (Å²) in [7, 11) is -1.84. The summed E-state index contributed by atoms with van der Waals surface area (Å²) >= 11 is 0. The van der Waals surface area contributed by atoms with Gasteiger partial charge in [0.05, 0.1) is 0 Å². The molecule has 0 spiro atoms. The third-order valence-corrected chi connectivity index (χ3v) is 7.77. The molecule has 0 radical (unpaired) electrons. The minimum absolute atomic E-state index is 0.254. The Morgan fingerprint density at radius 1 is 0.541 bits per heavy atom. The minimum Gasteiger partial charge on any atom is -0.507 e. The average molecular weight is 513 g/mol. The van der Waals surface area contributed by atoms with E-state index < -0.39 is 8.24 Å². The molecule has 1 aromatic heterocycles. The highest BCUT2D eigenvalue weighted by atomic mass is 31.1. The summed E-state index contributed by atoms with van der Waals surface area (Å²) in [4.78, 5) is 0. The molecule has 5 rings (SSSR count). The van der Waals surface area contributed by atoms with Crippen molar-refractivity contribution in [3.63, 3.8) is 0 Å². The Hall–Kier alpha value is -3.62. The van der Waals surface area contributed by atoms with E-state index in [0.717, 1.165) is 66.4 Å². The lowest BCUT2D eigenvalue weighted by atomic mass is 9.95. The molecular formula is C32H33O4P. The molecule has 0 atom stereocenters. The molecule has 0 saturated carbocycles. The largest absolute Gasteiger partial charge is 0.507 e. The van der Waals surface area contributed by atoms with Gasteiger partial charge in [0.25, 0.3) is 0 Å². The number of benzene rings is 4. The lowest BCUT2D eigenvalue weighted by molar-refractivity contribution is 0.471. The predicted molar refractivity (Wildman–Crippen MR) is 154 cm³/mol. The summed E-state index contributed by atoms with van der Waals surface area (Å²) in [5.41, 5.74) is 11.5. The van der Waals surface area contributed by atoms with Crippen molar-refractivity contribution in [2.24, 2.45) is 0 Å². The van der Waals surface area contributed by atoms with Crippen LogP contribution in [0.5, 0.6) is 11.5 Å². The van der Waals surface area contributed by atoms with Gasteiger partial charge in [-0.1, -0.05) is 24.3 Å². The van der Waals surface area contributed by atoms with Crippen LogP contribution in [0.2, 0.25) is 0 Å². The molecule has 4 nitrogen and oxygen atoms in total. The molecule has 0 bridgehead atoms. The van der Waals surface area contributed by atoms with Gasteiger partial charge in [0.2, 0.25) is 0 Å². The van der Waals surface area contributed by atoms with E-state index in [9.17, 15) is 5.11 Å². The Morgan fingerprint density at radius 2 is 0.973 bits per heavy atom. The van der Waals surface area contributed by atoms with Crippen LogP contribution in [-0.4, -0.2) is 5.11 Å². The SMILES string of the molecule is Cc1cc(C)c(O)c(-c2cc(C)cc(C)c2Op2oc3c(C)cc(C)cc3c3cc(C)cc(C)c3o2)c1. The van der Waals surface area contributed by atoms with E-state index in [2.05, 4.69) is 64.1 Å². The Kier molecular flexibility index (Phi) is 6.33. The fourth-order valence-corrected chi connectivity index (χ4v) is 6.56. The molecule has 5 heteroatoms. The number of phenolic OH excluding ortho intramolecular Hbond substituents is 1. The molecule has 0 fully saturated rings. The molecule has 0 amide bonds. The van der Waals surface area contributed by atoms with Crippen molar-refractivity contribution in [1.29, 1.82) is 0 Å². The Morgan fingerprint density at radius 3 is 1.51 bits per heavy atom. The summed E-state index contributed by atoms with van der Waals surface area (Å²) in [5, 5.41) is 13.0. The zero-order chi connectivity index (χ0) is 26.6. The maximum absolute atomic E-state index is 11.0. The fourth-order valence-electron chi connectivity index (χ4n) is 5.27. The lowest BCUT2D eigenvalue weighted by Crippen LogP contribution is -1.93. The van der Waals surface area contributed by atoms with Crippen LogP contribution in [0.4, 0.5) is 0 Å². The Bertz CT molecular complexity index is 1670. The lowest BCUT2D eigenvalue weighted by Gasteiger charge is -2.16. The molecule has 190 valence electrons. The maximum Gasteiger partial charge on any atom is 0.453 e. The summed E-state index contributed by atoms with van der Waals surface area (Å²) in [6, 6.07) is 16.7. The number of rotatable bonds is 3. The van der Waals surface area contributed by atoms with E-state index in [1.807, 2.05) is 39.8 Å². The topological polar surface area (TPSA) is 55.7 Å². The molecule has 4 aromatic carbocycles. The van der Waals surface area contributed by atoms with Crippen LogP contribution in [0, 0.1) is 55.4 Å². The fraction of sp³-hybridized carbons (Fsp3) is 0.250. The van der Waals surface area contributed by atoms with Gasteiger partial charge in [0, 0.05) is 21.9 Å². The number of aryl methyl sites for hydroxylation is 8. The zero-order valence-corrected chi connectivity index (χ0v) is 23.6. The summed E-state index contributed by atoms with van der Waals surface area (Å²) in [6.45, 7) is 16.3. The highest BCUT2D eigenvalue weighted by molar-refractivity contribution is 7.32. The first-order valence-electron chi connectivity index (χ1n) is 12.5. The monoisotopic (exact) mass is 512 g/mol. The van der Waals surface area contributed by atoms with Crippen molar-refractivity contribution in [3.05, 3.63) is 93.0 Å². The molecule has 0 aliphatic heterocycles. The predicted octanol–water partition coefficient (Wildman–Crippen LogP) is 9.97. The molecule has 0 aliphatic carbocycles. The van der Waals surface area contributed by atoms with E-state index in [1.54, 1.807) is 0 Å². The van der Waals surface area contributed by atoms with Gasteiger partial charge in [0.15, 0.2) is 0 Å². The van der Waals surface area contributed by atoms with Crippen molar-refractivity contribution >= 4 is 30.2 Å². The van der Waals surface area contributed by atoms with Crippen LogP contribution in [0.1, 0.15) is 44.5 Å². The first-order valence-corrected chi connectivity index (χ1v) is 13.6. The number of aromatic hydroxyl groups is 1. The smallest absolute Gasteiger partial charge is 0.453 e. The highest BCUT2D eigenvalue weighted by Crippen LogP contribution is 2.46. The normalized spacial score (nSPS) is 11.4. The van der Waals surface area contributed by atoms with Gasteiger partial charge in [-0.2, -0.15) is 0 Å². The van der Waals surface area contributed by atoms with Crippen LogP contribution in [0.3, 0.4) is 0 Å². The third-order valence-electron chi connectivity index (χ3n) is 6.78. The van der Waals surface area contributed by atoms with E-state index in [4.69, 9.17) is 12.9 Å². The van der Waals surface area contributed by atoms with Gasteiger partial charge in [-0.15, -0.1) is 0 Å². The van der Waals surface area contributed by atoms with Crippen LogP contribution in [-0.2, 0) is 0 Å². The van der Waals surface area contributed by atoms with E-state index in [-0.39, 0.29) is 5.75 Å². The van der Waals surface area contributed by atoms with Crippen LogP contribution >= 0.6 is 8.24 Å². The summed E-state index contributed by atoms with van der Waals surface area (Å²) < 4.78 is 19.7. The second-order valence-electron chi connectivity index (χ2n) is 10.4. The first-order chi connectivity index (χ1) is 17.5. The molecule has 0 saturated heterocycles. The molecule has 1 heterocycles. The second-order valence-corrected chi connectivity index (χ2v) is 11.3. The van der Waals surface area contributed by atoms with Gasteiger partial charge in [-0.05, 0) is 124 Å². The number of hydrogen-bond donors (Lipinski definition) is 1. The summed E-state index contributed by atoms with van der Waals surface area (Å²) in [5.74, 6) is 0.904. The Balaban J connectivity index is 1.83.